The van der Waals surface area contributed by atoms with Gasteiger partial charge in [0.25, 0.3) is 0 Å². The van der Waals surface area contributed by atoms with Crippen molar-refractivity contribution in [3.8, 4) is 11.3 Å². The molecule has 13 heavy (non-hydrogen) atoms. The van der Waals surface area contributed by atoms with Crippen LogP contribution >= 0.6 is 0 Å². The minimum absolute atomic E-state index is 0.696. The SMILES string of the molecule is Cc1ncc(-c2ccc[n+](C)c2)o1. The van der Waals surface area contributed by atoms with Gasteiger partial charge in [-0.05, 0) is 6.07 Å². The molecule has 3 nitrogen and oxygen atoms in total. The van der Waals surface area contributed by atoms with Crippen molar-refractivity contribution in [3.63, 3.8) is 0 Å². The van der Waals surface area contributed by atoms with Gasteiger partial charge in [0.15, 0.2) is 24.0 Å². The van der Waals surface area contributed by atoms with E-state index in [1.807, 2.05) is 43.1 Å². The Balaban J connectivity index is 2.46. The summed E-state index contributed by atoms with van der Waals surface area (Å²) in [5.74, 6) is 1.51. The van der Waals surface area contributed by atoms with Crippen molar-refractivity contribution in [1.82, 2.24) is 4.98 Å². The van der Waals surface area contributed by atoms with Gasteiger partial charge in [0.2, 0.25) is 0 Å². The van der Waals surface area contributed by atoms with Crippen LogP contribution in [0.2, 0.25) is 0 Å². The zero-order valence-electron chi connectivity index (χ0n) is 7.69. The average molecular weight is 175 g/mol. The molecule has 0 saturated carbocycles. The van der Waals surface area contributed by atoms with Crippen molar-refractivity contribution in [2.24, 2.45) is 7.05 Å². The molecule has 0 unspecified atom stereocenters. The predicted octanol–water partition coefficient (Wildman–Crippen LogP) is 1.47. The zero-order valence-corrected chi connectivity index (χ0v) is 7.69. The van der Waals surface area contributed by atoms with E-state index in [1.54, 1.807) is 6.20 Å². The minimum atomic E-state index is 0.696. The van der Waals surface area contributed by atoms with E-state index in [1.165, 1.54) is 0 Å². The fraction of sp³-hybridized carbons (Fsp3) is 0.200. The van der Waals surface area contributed by atoms with Crippen LogP contribution in [0.25, 0.3) is 11.3 Å². The summed E-state index contributed by atoms with van der Waals surface area (Å²) in [7, 11) is 1.98. The molecule has 0 fully saturated rings. The molecule has 0 atom stereocenters. The van der Waals surface area contributed by atoms with Crippen LogP contribution < -0.4 is 4.57 Å². The highest BCUT2D eigenvalue weighted by Gasteiger charge is 2.05. The molecule has 2 aromatic heterocycles. The van der Waals surface area contributed by atoms with Crippen LogP contribution in [0.15, 0.2) is 35.1 Å². The highest BCUT2D eigenvalue weighted by atomic mass is 16.4. The maximum Gasteiger partial charge on any atom is 0.191 e. The molecule has 0 saturated heterocycles. The molecule has 66 valence electrons. The third-order valence-electron chi connectivity index (χ3n) is 1.85. The first-order valence-electron chi connectivity index (χ1n) is 4.14. The molecule has 0 aliphatic heterocycles. The van der Waals surface area contributed by atoms with Crippen LogP contribution in [0, 0.1) is 6.92 Å². The molecule has 0 N–H and O–H groups in total. The van der Waals surface area contributed by atoms with E-state index in [2.05, 4.69) is 4.98 Å². The highest BCUT2D eigenvalue weighted by molar-refractivity contribution is 5.53. The van der Waals surface area contributed by atoms with E-state index in [0.717, 1.165) is 11.3 Å². The number of hydrogen-bond donors (Lipinski definition) is 0. The molecule has 3 heteroatoms. The summed E-state index contributed by atoms with van der Waals surface area (Å²) in [6, 6.07) is 3.98. The molecule has 0 radical (unpaired) electrons. The largest absolute Gasteiger partial charge is 0.441 e. The maximum atomic E-state index is 5.40. The molecule has 0 amide bonds. The topological polar surface area (TPSA) is 29.9 Å². The van der Waals surface area contributed by atoms with E-state index in [0.29, 0.717) is 5.89 Å². The number of aryl methyl sites for hydroxylation is 2. The van der Waals surface area contributed by atoms with Gasteiger partial charge in [-0.15, -0.1) is 0 Å². The molecular formula is C10H11N2O+. The van der Waals surface area contributed by atoms with E-state index >= 15 is 0 Å². The van der Waals surface area contributed by atoms with Gasteiger partial charge in [-0.1, -0.05) is 0 Å². The second-order valence-corrected chi connectivity index (χ2v) is 3.00. The number of rotatable bonds is 1. The van der Waals surface area contributed by atoms with Gasteiger partial charge in [-0.25, -0.2) is 9.55 Å². The van der Waals surface area contributed by atoms with Gasteiger partial charge < -0.3 is 4.42 Å². The van der Waals surface area contributed by atoms with E-state index < -0.39 is 0 Å². The average Bonchev–Trinajstić information content (AvgIpc) is 2.52. The number of nitrogens with zero attached hydrogens (tertiary/aromatic N) is 2. The van der Waals surface area contributed by atoms with Crippen molar-refractivity contribution < 1.29 is 8.98 Å². The third-order valence-corrected chi connectivity index (χ3v) is 1.85. The summed E-state index contributed by atoms with van der Waals surface area (Å²) >= 11 is 0. The lowest BCUT2D eigenvalue weighted by Crippen LogP contribution is -2.26. The number of pyridine rings is 1. The van der Waals surface area contributed by atoms with Crippen LogP contribution in [0.4, 0.5) is 0 Å². The van der Waals surface area contributed by atoms with Crippen LogP contribution in [-0.2, 0) is 7.05 Å². The standard InChI is InChI=1S/C10H11N2O/c1-8-11-6-10(13-8)9-4-3-5-12(2)7-9/h3-7H,1-2H3/q+1. The fourth-order valence-corrected chi connectivity index (χ4v) is 1.23. The van der Waals surface area contributed by atoms with E-state index in [4.69, 9.17) is 4.42 Å². The molecule has 0 bridgehead atoms. The van der Waals surface area contributed by atoms with Crippen LogP contribution in [-0.4, -0.2) is 4.98 Å². The van der Waals surface area contributed by atoms with Gasteiger partial charge in [0, 0.05) is 13.0 Å². The molecule has 2 aromatic rings. The van der Waals surface area contributed by atoms with Gasteiger partial charge in [-0.3, -0.25) is 0 Å². The second-order valence-electron chi connectivity index (χ2n) is 3.00. The lowest BCUT2D eigenvalue weighted by atomic mass is 10.2. The Hall–Kier alpha value is -1.64. The van der Waals surface area contributed by atoms with Crippen molar-refractivity contribution in [1.29, 1.82) is 0 Å². The van der Waals surface area contributed by atoms with E-state index in [-0.39, 0.29) is 0 Å². The molecule has 0 aromatic carbocycles. The Morgan fingerprint density at radius 2 is 2.31 bits per heavy atom. The van der Waals surface area contributed by atoms with Crippen molar-refractivity contribution in [3.05, 3.63) is 36.6 Å². The first-order valence-corrected chi connectivity index (χ1v) is 4.14. The van der Waals surface area contributed by atoms with Crippen LogP contribution in [0.5, 0.6) is 0 Å². The van der Waals surface area contributed by atoms with Crippen molar-refractivity contribution in [2.45, 2.75) is 6.92 Å². The van der Waals surface area contributed by atoms with Gasteiger partial charge >= 0.3 is 0 Å². The molecular weight excluding hydrogens is 164 g/mol. The normalized spacial score (nSPS) is 10.3. The summed E-state index contributed by atoms with van der Waals surface area (Å²) in [5, 5.41) is 0. The molecule has 2 rings (SSSR count). The Morgan fingerprint density at radius 3 is 2.92 bits per heavy atom. The second kappa shape index (κ2) is 3.01. The van der Waals surface area contributed by atoms with Crippen molar-refractivity contribution in [2.75, 3.05) is 0 Å². The monoisotopic (exact) mass is 175 g/mol. The molecule has 0 aliphatic rings. The zero-order chi connectivity index (χ0) is 9.26. The summed E-state index contributed by atoms with van der Waals surface area (Å²) in [5.41, 5.74) is 1.05. The summed E-state index contributed by atoms with van der Waals surface area (Å²) < 4.78 is 7.38. The minimum Gasteiger partial charge on any atom is -0.441 e. The molecule has 2 heterocycles. The summed E-state index contributed by atoms with van der Waals surface area (Å²) in [4.78, 5) is 4.05. The van der Waals surface area contributed by atoms with Crippen LogP contribution in [0.3, 0.4) is 0 Å². The van der Waals surface area contributed by atoms with Gasteiger partial charge in [0.05, 0.1) is 11.8 Å². The van der Waals surface area contributed by atoms with Crippen molar-refractivity contribution >= 4 is 0 Å². The quantitative estimate of drug-likeness (QED) is 0.614. The Kier molecular flexibility index (Phi) is 1.85. The number of oxazole rings is 1. The van der Waals surface area contributed by atoms with E-state index in [9.17, 15) is 0 Å². The predicted molar refractivity (Wildman–Crippen MR) is 47.9 cm³/mol. The summed E-state index contributed by atoms with van der Waals surface area (Å²) in [6.07, 6.45) is 5.72. The molecule has 0 spiro atoms. The lowest BCUT2D eigenvalue weighted by molar-refractivity contribution is -0.671. The highest BCUT2D eigenvalue weighted by Crippen LogP contribution is 2.17. The number of hydrogen-bond acceptors (Lipinski definition) is 2. The number of aromatic nitrogens is 2. The van der Waals surface area contributed by atoms with Crippen LogP contribution in [0.1, 0.15) is 5.89 Å². The smallest absolute Gasteiger partial charge is 0.191 e. The Bertz CT molecular complexity index is 420. The Morgan fingerprint density at radius 1 is 1.46 bits per heavy atom. The summed E-state index contributed by atoms with van der Waals surface area (Å²) in [6.45, 7) is 1.84. The Labute approximate surface area is 76.7 Å². The maximum absolute atomic E-state index is 5.40. The lowest BCUT2D eigenvalue weighted by Gasteiger charge is -1.92. The first kappa shape index (κ1) is 7.98. The first-order chi connectivity index (χ1) is 6.25. The van der Waals surface area contributed by atoms with Gasteiger partial charge in [0.1, 0.15) is 7.05 Å². The molecule has 0 aliphatic carbocycles. The fourth-order valence-electron chi connectivity index (χ4n) is 1.23. The van der Waals surface area contributed by atoms with Gasteiger partial charge in [-0.2, -0.15) is 0 Å². The third kappa shape index (κ3) is 1.59.